The molecule has 0 radical (unpaired) electrons. The molecular weight excluding hydrogens is 310 g/mol. The Hall–Kier alpha value is -2.27. The maximum atomic E-state index is 5.44. The van der Waals surface area contributed by atoms with E-state index in [1.165, 1.54) is 5.56 Å². The van der Waals surface area contributed by atoms with E-state index in [1.54, 1.807) is 21.3 Å². The third-order valence-corrected chi connectivity index (χ3v) is 3.88. The average Bonchev–Trinajstić information content (AvgIpc) is 2.61. The highest BCUT2D eigenvalue weighted by molar-refractivity contribution is 7.80. The van der Waals surface area contributed by atoms with Gasteiger partial charge in [0.2, 0.25) is 0 Å². The van der Waals surface area contributed by atoms with Gasteiger partial charge in [-0.3, -0.25) is 0 Å². The second-order valence-corrected chi connectivity index (χ2v) is 5.33. The lowest BCUT2D eigenvalue weighted by atomic mass is 10.1. The minimum Gasteiger partial charge on any atom is -0.497 e. The number of benzene rings is 2. The number of hydrogen-bond donors (Lipinski definition) is 1. The van der Waals surface area contributed by atoms with Gasteiger partial charge < -0.3 is 19.5 Å². The molecule has 0 aliphatic carbocycles. The lowest BCUT2D eigenvalue weighted by Crippen LogP contribution is -2.24. The van der Waals surface area contributed by atoms with Gasteiger partial charge in [0.1, 0.15) is 10.7 Å². The predicted molar refractivity (Wildman–Crippen MR) is 95.9 cm³/mol. The van der Waals surface area contributed by atoms with Gasteiger partial charge >= 0.3 is 0 Å². The standard InChI is InChI=1S/C18H21NO3S/c1-20-15-7-4-13(5-8-15)10-11-19-18(23)14-6-9-16(21-2)17(12-14)22-3/h4-9,12H,10-11H2,1-3H3,(H,19,23). The third-order valence-electron chi connectivity index (χ3n) is 3.50. The van der Waals surface area contributed by atoms with Crippen LogP contribution in [-0.4, -0.2) is 32.9 Å². The molecule has 0 aliphatic heterocycles. The van der Waals surface area contributed by atoms with Gasteiger partial charge in [0.15, 0.2) is 11.5 Å². The van der Waals surface area contributed by atoms with E-state index in [4.69, 9.17) is 26.4 Å². The van der Waals surface area contributed by atoms with Gasteiger partial charge in [-0.05, 0) is 42.3 Å². The lowest BCUT2D eigenvalue weighted by molar-refractivity contribution is 0.355. The van der Waals surface area contributed by atoms with Crippen LogP contribution in [0, 0.1) is 0 Å². The first kappa shape index (κ1) is 17.1. The molecule has 0 saturated carbocycles. The van der Waals surface area contributed by atoms with Crippen molar-refractivity contribution < 1.29 is 14.2 Å². The SMILES string of the molecule is COc1ccc(CCNC(=S)c2ccc(OC)c(OC)c2)cc1. The van der Waals surface area contributed by atoms with Crippen LogP contribution in [0.25, 0.3) is 0 Å². The van der Waals surface area contributed by atoms with Crippen LogP contribution in [0.1, 0.15) is 11.1 Å². The van der Waals surface area contributed by atoms with Gasteiger partial charge in [-0.1, -0.05) is 24.4 Å². The Morgan fingerprint density at radius 1 is 0.913 bits per heavy atom. The molecule has 4 nitrogen and oxygen atoms in total. The summed E-state index contributed by atoms with van der Waals surface area (Å²) in [6, 6.07) is 13.7. The van der Waals surface area contributed by atoms with Crippen molar-refractivity contribution in [3.63, 3.8) is 0 Å². The van der Waals surface area contributed by atoms with Crippen LogP contribution in [0.4, 0.5) is 0 Å². The Bertz CT molecular complexity index is 656. The van der Waals surface area contributed by atoms with Crippen LogP contribution in [0.15, 0.2) is 42.5 Å². The molecule has 0 saturated heterocycles. The molecule has 2 aromatic carbocycles. The number of methoxy groups -OCH3 is 3. The highest BCUT2D eigenvalue weighted by Crippen LogP contribution is 2.27. The van der Waals surface area contributed by atoms with Crippen LogP contribution in [0.3, 0.4) is 0 Å². The third kappa shape index (κ3) is 4.60. The van der Waals surface area contributed by atoms with Crippen molar-refractivity contribution in [3.8, 4) is 17.2 Å². The van der Waals surface area contributed by atoms with E-state index in [0.717, 1.165) is 24.3 Å². The summed E-state index contributed by atoms with van der Waals surface area (Å²) in [6.07, 6.45) is 0.886. The number of hydrogen-bond acceptors (Lipinski definition) is 4. The monoisotopic (exact) mass is 331 g/mol. The van der Waals surface area contributed by atoms with Crippen molar-refractivity contribution >= 4 is 17.2 Å². The highest BCUT2D eigenvalue weighted by atomic mass is 32.1. The molecule has 2 rings (SSSR count). The van der Waals surface area contributed by atoms with E-state index in [1.807, 2.05) is 30.3 Å². The van der Waals surface area contributed by atoms with E-state index in [-0.39, 0.29) is 0 Å². The summed E-state index contributed by atoms with van der Waals surface area (Å²) in [5.41, 5.74) is 2.14. The zero-order valence-corrected chi connectivity index (χ0v) is 14.4. The van der Waals surface area contributed by atoms with Crippen molar-refractivity contribution in [1.82, 2.24) is 5.32 Å². The van der Waals surface area contributed by atoms with E-state index >= 15 is 0 Å². The molecule has 0 amide bonds. The van der Waals surface area contributed by atoms with E-state index in [2.05, 4.69) is 17.4 Å². The summed E-state index contributed by atoms with van der Waals surface area (Å²) in [6.45, 7) is 0.763. The lowest BCUT2D eigenvalue weighted by Gasteiger charge is -2.12. The van der Waals surface area contributed by atoms with Crippen molar-refractivity contribution in [2.75, 3.05) is 27.9 Å². The number of rotatable bonds is 7. The number of ether oxygens (including phenoxy) is 3. The van der Waals surface area contributed by atoms with E-state index in [0.29, 0.717) is 16.5 Å². The minimum absolute atomic E-state index is 0.671. The molecule has 23 heavy (non-hydrogen) atoms. The number of nitrogens with one attached hydrogen (secondary N) is 1. The van der Waals surface area contributed by atoms with E-state index in [9.17, 15) is 0 Å². The Morgan fingerprint density at radius 3 is 2.22 bits per heavy atom. The van der Waals surface area contributed by atoms with Gasteiger partial charge in [0.05, 0.1) is 21.3 Å². The summed E-state index contributed by atoms with van der Waals surface area (Å²) < 4.78 is 15.7. The normalized spacial score (nSPS) is 10.0. The first-order valence-electron chi connectivity index (χ1n) is 7.31. The molecule has 0 aromatic heterocycles. The molecule has 1 N–H and O–H groups in total. The minimum atomic E-state index is 0.671. The largest absolute Gasteiger partial charge is 0.497 e. The van der Waals surface area contributed by atoms with Crippen molar-refractivity contribution in [3.05, 3.63) is 53.6 Å². The first-order chi connectivity index (χ1) is 11.2. The fourth-order valence-electron chi connectivity index (χ4n) is 2.19. The maximum absolute atomic E-state index is 5.44. The number of thiocarbonyl (C=S) groups is 1. The molecule has 0 atom stereocenters. The second kappa shape index (κ2) is 8.39. The van der Waals surface area contributed by atoms with Crippen LogP contribution in [0.2, 0.25) is 0 Å². The Labute approximate surface area is 142 Å². The van der Waals surface area contributed by atoms with E-state index < -0.39 is 0 Å². The van der Waals surface area contributed by atoms with Crippen LogP contribution in [0.5, 0.6) is 17.2 Å². The predicted octanol–water partition coefficient (Wildman–Crippen LogP) is 3.22. The highest BCUT2D eigenvalue weighted by Gasteiger charge is 2.07. The molecule has 0 heterocycles. The Morgan fingerprint density at radius 2 is 1.61 bits per heavy atom. The summed E-state index contributed by atoms with van der Waals surface area (Å²) in [7, 11) is 4.89. The summed E-state index contributed by atoms with van der Waals surface area (Å²) >= 11 is 5.44. The van der Waals surface area contributed by atoms with Gasteiger partial charge in [-0.2, -0.15) is 0 Å². The van der Waals surface area contributed by atoms with Crippen molar-refractivity contribution in [1.29, 1.82) is 0 Å². The van der Waals surface area contributed by atoms with Gasteiger partial charge in [0.25, 0.3) is 0 Å². The molecule has 5 heteroatoms. The molecule has 122 valence electrons. The zero-order chi connectivity index (χ0) is 16.7. The summed E-state index contributed by atoms with van der Waals surface area (Å²) in [4.78, 5) is 0.694. The van der Waals surface area contributed by atoms with Gasteiger partial charge in [0, 0.05) is 12.1 Å². The quantitative estimate of drug-likeness (QED) is 0.789. The Kier molecular flexibility index (Phi) is 6.23. The fourth-order valence-corrected chi connectivity index (χ4v) is 2.42. The molecular formula is C18H21NO3S. The van der Waals surface area contributed by atoms with Crippen LogP contribution in [-0.2, 0) is 6.42 Å². The molecule has 0 bridgehead atoms. The zero-order valence-electron chi connectivity index (χ0n) is 13.6. The molecule has 2 aromatic rings. The second-order valence-electron chi connectivity index (χ2n) is 4.92. The molecule has 0 unspecified atom stereocenters. The molecule has 0 aliphatic rings. The molecule has 0 spiro atoms. The van der Waals surface area contributed by atoms with Crippen LogP contribution < -0.4 is 19.5 Å². The molecule has 0 fully saturated rings. The summed E-state index contributed by atoms with van der Waals surface area (Å²) in [5, 5.41) is 3.27. The van der Waals surface area contributed by atoms with Gasteiger partial charge in [-0.25, -0.2) is 0 Å². The maximum Gasteiger partial charge on any atom is 0.161 e. The van der Waals surface area contributed by atoms with Crippen molar-refractivity contribution in [2.45, 2.75) is 6.42 Å². The van der Waals surface area contributed by atoms with Gasteiger partial charge in [-0.15, -0.1) is 0 Å². The van der Waals surface area contributed by atoms with Crippen LogP contribution >= 0.6 is 12.2 Å². The van der Waals surface area contributed by atoms with Crippen molar-refractivity contribution in [2.24, 2.45) is 0 Å². The average molecular weight is 331 g/mol. The fraction of sp³-hybridized carbons (Fsp3) is 0.278. The first-order valence-corrected chi connectivity index (χ1v) is 7.72. The Balaban J connectivity index is 1.91. The summed E-state index contributed by atoms with van der Waals surface area (Å²) in [5.74, 6) is 2.23. The smallest absolute Gasteiger partial charge is 0.161 e. The topological polar surface area (TPSA) is 39.7 Å².